The van der Waals surface area contributed by atoms with E-state index in [1.54, 1.807) is 11.3 Å². The summed E-state index contributed by atoms with van der Waals surface area (Å²) in [5.74, 6) is 0. The summed E-state index contributed by atoms with van der Waals surface area (Å²) in [6.45, 7) is 4.86. The van der Waals surface area contributed by atoms with Gasteiger partial charge in [-0.05, 0) is 24.8 Å². The van der Waals surface area contributed by atoms with Crippen LogP contribution in [0.1, 0.15) is 30.1 Å². The molecule has 2 aromatic heterocycles. The van der Waals surface area contributed by atoms with Crippen molar-refractivity contribution in [3.05, 3.63) is 38.8 Å². The Kier molecular flexibility index (Phi) is 5.02. The molecule has 2 aromatic rings. The molecule has 1 N–H and O–H groups in total. The Labute approximate surface area is 122 Å². The number of nitrogens with zero attached hydrogens (tertiary/aromatic N) is 2. The van der Waals surface area contributed by atoms with Crippen molar-refractivity contribution >= 4 is 22.9 Å². The third-order valence-electron chi connectivity index (χ3n) is 3.14. The lowest BCUT2D eigenvalue weighted by atomic mass is 10.1. The number of hydrogen-bond donors (Lipinski definition) is 1. The van der Waals surface area contributed by atoms with E-state index in [4.69, 9.17) is 11.6 Å². The lowest BCUT2D eigenvalue weighted by Crippen LogP contribution is -2.16. The van der Waals surface area contributed by atoms with Crippen molar-refractivity contribution in [2.24, 2.45) is 0 Å². The molecule has 0 fully saturated rings. The number of halogens is 1. The molecule has 0 radical (unpaired) electrons. The normalized spacial score (nSPS) is 12.8. The number of aryl methyl sites for hydroxylation is 2. The second kappa shape index (κ2) is 6.55. The van der Waals surface area contributed by atoms with Crippen LogP contribution in [0.15, 0.2) is 17.5 Å². The minimum atomic E-state index is -0.414. The molecule has 5 heteroatoms. The van der Waals surface area contributed by atoms with Crippen LogP contribution in [0.2, 0.25) is 5.02 Å². The largest absolute Gasteiger partial charge is 0.392 e. The van der Waals surface area contributed by atoms with Crippen molar-refractivity contribution in [1.29, 1.82) is 0 Å². The average molecular weight is 299 g/mol. The first kappa shape index (κ1) is 14.6. The predicted octanol–water partition coefficient (Wildman–Crippen LogP) is 3.33. The Morgan fingerprint density at radius 1 is 1.42 bits per heavy atom. The molecule has 3 nitrogen and oxygen atoms in total. The maximum absolute atomic E-state index is 10.2. The Morgan fingerprint density at radius 3 is 2.79 bits per heavy atom. The molecule has 0 saturated heterocycles. The fourth-order valence-corrected chi connectivity index (χ4v) is 3.29. The molecule has 1 unspecified atom stereocenters. The molecule has 0 saturated carbocycles. The van der Waals surface area contributed by atoms with Crippen LogP contribution < -0.4 is 0 Å². The van der Waals surface area contributed by atoms with Gasteiger partial charge < -0.3 is 5.11 Å². The summed E-state index contributed by atoms with van der Waals surface area (Å²) in [6, 6.07) is 4.05. The van der Waals surface area contributed by atoms with Crippen LogP contribution in [-0.2, 0) is 25.8 Å². The zero-order valence-electron chi connectivity index (χ0n) is 11.3. The molecule has 0 spiro atoms. The molecular formula is C14H19ClN2OS. The molecule has 2 heterocycles. The van der Waals surface area contributed by atoms with Gasteiger partial charge in [-0.1, -0.05) is 24.6 Å². The van der Waals surface area contributed by atoms with Gasteiger partial charge in [0.2, 0.25) is 0 Å². The van der Waals surface area contributed by atoms with Gasteiger partial charge in [-0.25, -0.2) is 0 Å². The number of rotatable bonds is 6. The lowest BCUT2D eigenvalue weighted by molar-refractivity contribution is 0.173. The van der Waals surface area contributed by atoms with Gasteiger partial charge in [0, 0.05) is 24.3 Å². The molecule has 0 aliphatic heterocycles. The highest BCUT2D eigenvalue weighted by atomic mass is 35.5. The number of aliphatic hydroxyl groups excluding tert-OH is 1. The van der Waals surface area contributed by atoms with Gasteiger partial charge >= 0.3 is 0 Å². The molecule has 0 aromatic carbocycles. The van der Waals surface area contributed by atoms with E-state index >= 15 is 0 Å². The second-order valence-electron chi connectivity index (χ2n) is 4.52. The topological polar surface area (TPSA) is 38.0 Å². The molecule has 0 amide bonds. The fraction of sp³-hybridized carbons (Fsp3) is 0.500. The van der Waals surface area contributed by atoms with E-state index in [2.05, 4.69) is 5.10 Å². The van der Waals surface area contributed by atoms with Gasteiger partial charge in [0.05, 0.1) is 22.5 Å². The van der Waals surface area contributed by atoms with E-state index in [1.807, 2.05) is 36.0 Å². The van der Waals surface area contributed by atoms with Crippen molar-refractivity contribution in [1.82, 2.24) is 9.78 Å². The van der Waals surface area contributed by atoms with Crippen molar-refractivity contribution < 1.29 is 5.11 Å². The smallest absolute Gasteiger partial charge is 0.0850 e. The van der Waals surface area contributed by atoms with Gasteiger partial charge in [-0.15, -0.1) is 11.3 Å². The van der Waals surface area contributed by atoms with E-state index in [-0.39, 0.29) is 0 Å². The molecular weight excluding hydrogens is 280 g/mol. The summed E-state index contributed by atoms with van der Waals surface area (Å²) < 4.78 is 1.90. The SMILES string of the molecule is CCc1nn(CC)c(CC(O)Cc2cccs2)c1Cl. The molecule has 19 heavy (non-hydrogen) atoms. The van der Waals surface area contributed by atoms with Crippen LogP contribution in [0.25, 0.3) is 0 Å². The van der Waals surface area contributed by atoms with Crippen LogP contribution >= 0.6 is 22.9 Å². The highest BCUT2D eigenvalue weighted by molar-refractivity contribution is 7.09. The maximum Gasteiger partial charge on any atom is 0.0850 e. The Hall–Kier alpha value is -0.840. The zero-order valence-corrected chi connectivity index (χ0v) is 12.8. The van der Waals surface area contributed by atoms with Crippen LogP contribution in [0.4, 0.5) is 0 Å². The minimum absolute atomic E-state index is 0.414. The van der Waals surface area contributed by atoms with Crippen LogP contribution in [-0.4, -0.2) is 21.0 Å². The molecule has 2 rings (SSSR count). The summed E-state index contributed by atoms with van der Waals surface area (Å²) >= 11 is 8.01. The Bertz CT molecular complexity index is 522. The van der Waals surface area contributed by atoms with Crippen LogP contribution in [0, 0.1) is 0 Å². The summed E-state index contributed by atoms with van der Waals surface area (Å²) in [7, 11) is 0. The first-order valence-corrected chi connectivity index (χ1v) is 7.85. The van der Waals surface area contributed by atoms with Gasteiger partial charge in [0.1, 0.15) is 0 Å². The van der Waals surface area contributed by atoms with E-state index < -0.39 is 6.10 Å². The van der Waals surface area contributed by atoms with E-state index in [1.165, 1.54) is 4.88 Å². The van der Waals surface area contributed by atoms with Crippen LogP contribution in [0.3, 0.4) is 0 Å². The predicted molar refractivity (Wildman–Crippen MR) is 80.0 cm³/mol. The fourth-order valence-electron chi connectivity index (χ4n) is 2.17. The maximum atomic E-state index is 10.2. The summed E-state index contributed by atoms with van der Waals surface area (Å²) in [5.41, 5.74) is 1.87. The van der Waals surface area contributed by atoms with Crippen molar-refractivity contribution in [2.45, 2.75) is 45.8 Å². The van der Waals surface area contributed by atoms with E-state index in [0.717, 1.165) is 29.4 Å². The highest BCUT2D eigenvalue weighted by Gasteiger charge is 2.18. The quantitative estimate of drug-likeness (QED) is 0.888. The molecule has 0 aliphatic carbocycles. The molecule has 1 atom stereocenters. The number of aromatic nitrogens is 2. The second-order valence-corrected chi connectivity index (χ2v) is 5.93. The first-order chi connectivity index (χ1) is 9.15. The minimum Gasteiger partial charge on any atom is -0.392 e. The standard InChI is InChI=1S/C14H19ClN2OS/c1-3-12-14(15)13(17(4-2)16-12)9-10(18)8-11-6-5-7-19-11/h5-7,10,18H,3-4,8-9H2,1-2H3. The monoisotopic (exact) mass is 298 g/mol. The Balaban J connectivity index is 2.11. The van der Waals surface area contributed by atoms with Gasteiger partial charge in [0.15, 0.2) is 0 Å². The van der Waals surface area contributed by atoms with Crippen molar-refractivity contribution in [3.8, 4) is 0 Å². The molecule has 0 aliphatic rings. The third kappa shape index (κ3) is 3.38. The summed E-state index contributed by atoms with van der Waals surface area (Å²) in [5, 5.41) is 17.4. The van der Waals surface area contributed by atoms with Gasteiger partial charge in [0.25, 0.3) is 0 Å². The highest BCUT2D eigenvalue weighted by Crippen LogP contribution is 2.24. The lowest BCUT2D eigenvalue weighted by Gasteiger charge is -2.11. The zero-order chi connectivity index (χ0) is 13.8. The number of thiophene rings is 1. The average Bonchev–Trinajstić information content (AvgIpc) is 2.99. The molecule has 104 valence electrons. The van der Waals surface area contributed by atoms with Gasteiger partial charge in [-0.2, -0.15) is 5.10 Å². The van der Waals surface area contributed by atoms with Crippen LogP contribution in [0.5, 0.6) is 0 Å². The summed E-state index contributed by atoms with van der Waals surface area (Å²) in [6.07, 6.45) is 1.63. The van der Waals surface area contributed by atoms with Gasteiger partial charge in [-0.3, -0.25) is 4.68 Å². The number of hydrogen-bond acceptors (Lipinski definition) is 3. The Morgan fingerprint density at radius 2 is 2.21 bits per heavy atom. The number of aliphatic hydroxyl groups is 1. The first-order valence-electron chi connectivity index (χ1n) is 6.60. The summed E-state index contributed by atoms with van der Waals surface area (Å²) in [4.78, 5) is 1.20. The molecule has 0 bridgehead atoms. The van der Waals surface area contributed by atoms with E-state index in [0.29, 0.717) is 12.8 Å². The van der Waals surface area contributed by atoms with Crippen molar-refractivity contribution in [3.63, 3.8) is 0 Å². The third-order valence-corrected chi connectivity index (χ3v) is 4.48. The van der Waals surface area contributed by atoms with Crippen molar-refractivity contribution in [2.75, 3.05) is 0 Å². The van der Waals surface area contributed by atoms with E-state index in [9.17, 15) is 5.11 Å².